The van der Waals surface area contributed by atoms with Crippen molar-refractivity contribution in [3.05, 3.63) is 58.1 Å². The highest BCUT2D eigenvalue weighted by molar-refractivity contribution is 9.10. The largest absolute Gasteiger partial charge is 0.507 e. The fourth-order valence-corrected chi connectivity index (χ4v) is 7.90. The number of anilines is 1. The Morgan fingerprint density at radius 3 is 2.34 bits per heavy atom. The summed E-state index contributed by atoms with van der Waals surface area (Å²) in [5, 5.41) is 22.6. The number of carbonyl (C=O) groups excluding carboxylic acids is 3. The van der Waals surface area contributed by atoms with Crippen LogP contribution in [0.15, 0.2) is 46.9 Å². The average molecular weight is 713 g/mol. The van der Waals surface area contributed by atoms with Gasteiger partial charge in [0.2, 0.25) is 0 Å². The highest BCUT2D eigenvalue weighted by Gasteiger charge is 2.39. The van der Waals surface area contributed by atoms with E-state index in [1.165, 1.54) is 6.07 Å². The first kappa shape index (κ1) is 33.1. The van der Waals surface area contributed by atoms with Gasteiger partial charge in [-0.1, -0.05) is 24.3 Å². The molecule has 4 amide bonds. The highest BCUT2D eigenvalue weighted by atomic mass is 79.9. The molecule has 12 nitrogen and oxygen atoms in total. The molecule has 3 fully saturated rings. The number of benzene rings is 2. The normalized spacial score (nSPS) is 21.9. The first-order chi connectivity index (χ1) is 22.7. The summed E-state index contributed by atoms with van der Waals surface area (Å²) in [6.07, 6.45) is 3.27. The molecule has 47 heavy (non-hydrogen) atoms. The summed E-state index contributed by atoms with van der Waals surface area (Å²) in [4.78, 5) is 59.5. The van der Waals surface area contributed by atoms with E-state index in [9.17, 15) is 29.4 Å². The van der Waals surface area contributed by atoms with E-state index in [4.69, 9.17) is 4.74 Å². The van der Waals surface area contributed by atoms with E-state index in [-0.39, 0.29) is 36.2 Å². The molecule has 13 heteroatoms. The predicted molar refractivity (Wildman–Crippen MR) is 177 cm³/mol. The van der Waals surface area contributed by atoms with Crippen molar-refractivity contribution < 1.29 is 34.1 Å². The summed E-state index contributed by atoms with van der Waals surface area (Å²) in [6, 6.07) is 12.2. The zero-order valence-electron chi connectivity index (χ0n) is 26.4. The summed E-state index contributed by atoms with van der Waals surface area (Å²) in [5.41, 5.74) is 2.66. The molecule has 0 radical (unpaired) electrons. The van der Waals surface area contributed by atoms with E-state index in [2.05, 4.69) is 26.1 Å². The van der Waals surface area contributed by atoms with Crippen molar-refractivity contribution >= 4 is 45.6 Å². The number of fused-ring (bicyclic) bond motifs is 1. The molecule has 3 N–H and O–H groups in total. The molecular formula is C34H42BrN5O7. The number of hydrogen-bond acceptors (Lipinski definition) is 7. The minimum Gasteiger partial charge on any atom is -0.507 e. The third kappa shape index (κ3) is 7.51. The van der Waals surface area contributed by atoms with Gasteiger partial charge in [0.15, 0.2) is 6.10 Å². The molecule has 4 aliphatic heterocycles. The predicted octanol–water partition coefficient (Wildman–Crippen LogP) is 4.30. The number of likely N-dealkylation sites (tertiary alicyclic amines) is 3. The SMILES string of the molecule is O=C(O)[C@H]1CCCN1C1CCN(C(=O)[C@@H](Cc2ccc(O)c(Br)c2)OC(=O)N2CCC(N3CCc4ccccc4NC3=O)CC2)CC1. The van der Waals surface area contributed by atoms with E-state index in [1.807, 2.05) is 29.2 Å². The first-order valence-electron chi connectivity index (χ1n) is 16.5. The third-order valence-electron chi connectivity index (χ3n) is 10.1. The molecule has 0 aliphatic carbocycles. The van der Waals surface area contributed by atoms with Crippen LogP contribution in [0.25, 0.3) is 0 Å². The second-order valence-corrected chi connectivity index (χ2v) is 13.8. The van der Waals surface area contributed by atoms with Crippen LogP contribution in [-0.2, 0) is 27.2 Å². The molecule has 252 valence electrons. The Balaban J connectivity index is 1.08. The second kappa shape index (κ2) is 14.5. The second-order valence-electron chi connectivity index (χ2n) is 12.9. The topological polar surface area (TPSA) is 143 Å². The molecule has 4 aliphatic rings. The number of carbonyl (C=O) groups is 4. The molecule has 2 atom stereocenters. The Morgan fingerprint density at radius 1 is 0.915 bits per heavy atom. The van der Waals surface area contributed by atoms with Crippen molar-refractivity contribution in [1.29, 1.82) is 0 Å². The summed E-state index contributed by atoms with van der Waals surface area (Å²) in [5.74, 6) is -1.01. The number of urea groups is 1. The molecule has 4 heterocycles. The Kier molecular flexibility index (Phi) is 10.2. The van der Waals surface area contributed by atoms with Crippen molar-refractivity contribution in [3.63, 3.8) is 0 Å². The number of rotatable bonds is 7. The monoisotopic (exact) mass is 711 g/mol. The molecule has 2 aromatic carbocycles. The molecule has 0 saturated carbocycles. The highest BCUT2D eigenvalue weighted by Crippen LogP contribution is 2.29. The Morgan fingerprint density at radius 2 is 1.62 bits per heavy atom. The average Bonchev–Trinajstić information content (AvgIpc) is 3.51. The lowest BCUT2D eigenvalue weighted by molar-refractivity contribution is -0.146. The molecular weight excluding hydrogens is 670 g/mol. The zero-order valence-corrected chi connectivity index (χ0v) is 27.9. The van der Waals surface area contributed by atoms with Gasteiger partial charge in [-0.05, 0) is 96.7 Å². The van der Waals surface area contributed by atoms with E-state index < -0.39 is 24.2 Å². The summed E-state index contributed by atoms with van der Waals surface area (Å²) < 4.78 is 6.44. The van der Waals surface area contributed by atoms with Crippen molar-refractivity contribution in [2.45, 2.75) is 75.6 Å². The number of nitrogens with zero attached hydrogens (tertiary/aromatic N) is 4. The van der Waals surface area contributed by atoms with E-state index in [0.29, 0.717) is 69.3 Å². The smallest absolute Gasteiger partial charge is 0.410 e. The van der Waals surface area contributed by atoms with Crippen molar-refractivity contribution in [2.24, 2.45) is 0 Å². The lowest BCUT2D eigenvalue weighted by atomic mass is 10.00. The van der Waals surface area contributed by atoms with Crippen molar-refractivity contribution in [1.82, 2.24) is 19.6 Å². The molecule has 3 saturated heterocycles. The number of ether oxygens (including phenoxy) is 1. The minimum absolute atomic E-state index is 0.0160. The maximum Gasteiger partial charge on any atom is 0.410 e. The number of aromatic hydroxyl groups is 1. The van der Waals surface area contributed by atoms with Crippen LogP contribution in [0.1, 0.15) is 49.7 Å². The number of nitrogens with one attached hydrogen (secondary N) is 1. The molecule has 0 bridgehead atoms. The number of halogens is 1. The number of aliphatic carboxylic acids is 1. The number of para-hydroxylation sites is 1. The van der Waals surface area contributed by atoms with Crippen LogP contribution in [0.2, 0.25) is 0 Å². The van der Waals surface area contributed by atoms with Crippen LogP contribution < -0.4 is 5.32 Å². The maximum atomic E-state index is 13.9. The Bertz CT molecular complexity index is 1490. The molecule has 0 unspecified atom stereocenters. The number of carboxylic acid groups (broad SMARTS) is 1. The molecule has 6 rings (SSSR count). The quantitative estimate of drug-likeness (QED) is 0.386. The molecule has 0 aromatic heterocycles. The van der Waals surface area contributed by atoms with Gasteiger partial charge in [0.05, 0.1) is 4.47 Å². The van der Waals surface area contributed by atoms with E-state index >= 15 is 0 Å². The fraction of sp³-hybridized carbons (Fsp3) is 0.529. The molecule has 0 spiro atoms. The number of phenols is 1. The fourth-order valence-electron chi connectivity index (χ4n) is 7.48. The number of amides is 4. The third-order valence-corrected chi connectivity index (χ3v) is 10.7. The van der Waals surface area contributed by atoms with Crippen LogP contribution in [0.4, 0.5) is 15.3 Å². The van der Waals surface area contributed by atoms with E-state index in [0.717, 1.165) is 36.2 Å². The maximum absolute atomic E-state index is 13.9. The zero-order chi connectivity index (χ0) is 33.1. The van der Waals surface area contributed by atoms with Gasteiger partial charge in [-0.25, -0.2) is 9.59 Å². The van der Waals surface area contributed by atoms with Gasteiger partial charge in [-0.3, -0.25) is 14.5 Å². The van der Waals surface area contributed by atoms with Gasteiger partial charge in [-0.15, -0.1) is 0 Å². The summed E-state index contributed by atoms with van der Waals surface area (Å²) in [6.45, 7) is 3.05. The van der Waals surface area contributed by atoms with Gasteiger partial charge in [0.1, 0.15) is 11.8 Å². The van der Waals surface area contributed by atoms with Gasteiger partial charge in [-0.2, -0.15) is 0 Å². The lowest BCUT2D eigenvalue weighted by Gasteiger charge is -2.40. The number of phenolic OH excluding ortho intramolecular Hbond substituents is 1. The van der Waals surface area contributed by atoms with Gasteiger partial charge >= 0.3 is 18.1 Å². The van der Waals surface area contributed by atoms with Crippen LogP contribution in [0.3, 0.4) is 0 Å². The van der Waals surface area contributed by atoms with Crippen LogP contribution >= 0.6 is 15.9 Å². The van der Waals surface area contributed by atoms with Crippen LogP contribution in [0.5, 0.6) is 5.75 Å². The van der Waals surface area contributed by atoms with Gasteiger partial charge < -0.3 is 35.0 Å². The Hall–Kier alpha value is -3.84. The number of hydrogen-bond donors (Lipinski definition) is 3. The molecule has 2 aromatic rings. The Labute approximate surface area is 282 Å². The lowest BCUT2D eigenvalue weighted by Crippen LogP contribution is -2.53. The van der Waals surface area contributed by atoms with Gasteiger partial charge in [0, 0.05) is 56.9 Å². The number of carboxylic acids is 1. The van der Waals surface area contributed by atoms with Gasteiger partial charge in [0.25, 0.3) is 5.91 Å². The summed E-state index contributed by atoms with van der Waals surface area (Å²) >= 11 is 3.33. The minimum atomic E-state index is -1.07. The summed E-state index contributed by atoms with van der Waals surface area (Å²) in [7, 11) is 0. The van der Waals surface area contributed by atoms with E-state index in [1.54, 1.807) is 21.9 Å². The standard InChI is InChI=1S/C34H42BrN5O7/c35-26-20-22(7-8-29(26)41)21-30(31(42)37-15-10-24(11-16-37)39-14-3-6-28(39)32(43)44)47-34(46)38-17-12-25(13-18-38)40-19-9-23-4-1-2-5-27(23)36-33(40)45/h1-2,4-5,7-8,20,24-25,28,30,41H,3,6,9-19,21H2,(H,36,45)(H,43,44)/t28-,30-/m1/s1. The van der Waals surface area contributed by atoms with Crippen molar-refractivity contribution in [3.8, 4) is 5.75 Å². The van der Waals surface area contributed by atoms with Crippen LogP contribution in [0, 0.1) is 0 Å². The number of piperidine rings is 2. The van der Waals surface area contributed by atoms with Crippen LogP contribution in [-0.4, -0.2) is 117 Å². The first-order valence-corrected chi connectivity index (χ1v) is 17.3. The van der Waals surface area contributed by atoms with Crippen molar-refractivity contribution in [2.75, 3.05) is 44.6 Å².